The van der Waals surface area contributed by atoms with Crippen molar-refractivity contribution in [2.24, 2.45) is 4.99 Å². The van der Waals surface area contributed by atoms with Gasteiger partial charge in [-0.1, -0.05) is 11.6 Å². The third-order valence-electron chi connectivity index (χ3n) is 3.63. The zero-order valence-corrected chi connectivity index (χ0v) is 16.8. The smallest absolute Gasteiger partial charge is 0.224 e. The van der Waals surface area contributed by atoms with Gasteiger partial charge in [-0.3, -0.25) is 9.79 Å². The molecule has 2 N–H and O–H groups in total. The fraction of sp³-hybridized carbons (Fsp3) is 0.389. The molecule has 0 aliphatic carbocycles. The zero-order chi connectivity index (χ0) is 18.9. The second kappa shape index (κ2) is 10.1. The summed E-state index contributed by atoms with van der Waals surface area (Å²) in [7, 11) is 3.72. The van der Waals surface area contributed by atoms with Gasteiger partial charge in [0.25, 0.3) is 0 Å². The maximum absolute atomic E-state index is 12.0. The summed E-state index contributed by atoms with van der Waals surface area (Å²) >= 11 is 7.47. The molecule has 0 aliphatic heterocycles. The highest BCUT2D eigenvalue weighted by molar-refractivity contribution is 7.09. The summed E-state index contributed by atoms with van der Waals surface area (Å²) in [4.78, 5) is 22.7. The first-order valence-corrected chi connectivity index (χ1v) is 9.62. The van der Waals surface area contributed by atoms with Crippen LogP contribution in [0.1, 0.15) is 23.5 Å². The number of benzene rings is 1. The maximum atomic E-state index is 12.0. The van der Waals surface area contributed by atoms with Crippen LogP contribution in [0.5, 0.6) is 0 Å². The van der Waals surface area contributed by atoms with Gasteiger partial charge in [0.2, 0.25) is 5.91 Å². The highest BCUT2D eigenvalue weighted by Gasteiger charge is 2.09. The molecule has 2 aromatic rings. The van der Waals surface area contributed by atoms with Crippen LogP contribution in [0.15, 0.2) is 34.6 Å². The molecule has 0 radical (unpaired) electrons. The van der Waals surface area contributed by atoms with Crippen molar-refractivity contribution in [1.29, 1.82) is 0 Å². The number of amides is 1. The summed E-state index contributed by atoms with van der Waals surface area (Å²) in [5.41, 5.74) is 1.78. The molecule has 0 bridgehead atoms. The summed E-state index contributed by atoms with van der Waals surface area (Å²) in [6.45, 7) is 3.36. The molecule has 1 heterocycles. The molecular weight excluding hydrogens is 370 g/mol. The van der Waals surface area contributed by atoms with Gasteiger partial charge in [0, 0.05) is 43.2 Å². The van der Waals surface area contributed by atoms with E-state index in [-0.39, 0.29) is 5.91 Å². The van der Waals surface area contributed by atoms with Crippen LogP contribution in [0.3, 0.4) is 0 Å². The number of aliphatic imine (C=N–C) groups is 1. The Labute approximate surface area is 163 Å². The van der Waals surface area contributed by atoms with Crippen LogP contribution in [-0.2, 0) is 11.3 Å². The third kappa shape index (κ3) is 6.65. The van der Waals surface area contributed by atoms with Crippen molar-refractivity contribution in [3.8, 4) is 0 Å². The van der Waals surface area contributed by atoms with Crippen molar-refractivity contribution in [2.45, 2.75) is 26.3 Å². The number of thiazole rings is 1. The van der Waals surface area contributed by atoms with Gasteiger partial charge in [-0.25, -0.2) is 4.98 Å². The van der Waals surface area contributed by atoms with Crippen LogP contribution in [0.4, 0.5) is 5.69 Å². The van der Waals surface area contributed by atoms with Gasteiger partial charge in [0.1, 0.15) is 0 Å². The number of hydrogen-bond donors (Lipinski definition) is 2. The summed E-state index contributed by atoms with van der Waals surface area (Å²) in [5, 5.41) is 9.90. The van der Waals surface area contributed by atoms with Crippen molar-refractivity contribution in [3.05, 3.63) is 45.4 Å². The number of guanidine groups is 1. The van der Waals surface area contributed by atoms with E-state index < -0.39 is 0 Å². The molecule has 0 spiro atoms. The molecule has 0 aliphatic rings. The molecule has 2 rings (SSSR count). The van der Waals surface area contributed by atoms with Crippen molar-refractivity contribution in [3.63, 3.8) is 0 Å². The lowest BCUT2D eigenvalue weighted by atomic mass is 10.2. The van der Waals surface area contributed by atoms with Crippen LogP contribution < -0.4 is 10.6 Å². The van der Waals surface area contributed by atoms with E-state index in [1.54, 1.807) is 42.6 Å². The summed E-state index contributed by atoms with van der Waals surface area (Å²) in [6.07, 6.45) is 1.14. The number of hydrogen-bond acceptors (Lipinski definition) is 4. The lowest BCUT2D eigenvalue weighted by Gasteiger charge is -2.21. The van der Waals surface area contributed by atoms with Crippen LogP contribution in [0, 0.1) is 6.92 Å². The number of halogens is 1. The van der Waals surface area contributed by atoms with E-state index in [9.17, 15) is 4.79 Å². The van der Waals surface area contributed by atoms with Crippen LogP contribution >= 0.6 is 22.9 Å². The normalized spacial score (nSPS) is 11.3. The lowest BCUT2D eigenvalue weighted by molar-refractivity contribution is -0.116. The van der Waals surface area contributed by atoms with E-state index in [2.05, 4.69) is 26.0 Å². The predicted octanol–water partition coefficient (Wildman–Crippen LogP) is 3.53. The van der Waals surface area contributed by atoms with E-state index in [0.717, 1.165) is 22.3 Å². The fourth-order valence-electron chi connectivity index (χ4n) is 2.39. The quantitative estimate of drug-likeness (QED) is 0.429. The first-order chi connectivity index (χ1) is 12.5. The van der Waals surface area contributed by atoms with E-state index >= 15 is 0 Å². The van der Waals surface area contributed by atoms with Gasteiger partial charge < -0.3 is 15.5 Å². The van der Waals surface area contributed by atoms with Gasteiger partial charge >= 0.3 is 0 Å². The molecule has 0 saturated carbocycles. The van der Waals surface area contributed by atoms with E-state index in [4.69, 9.17) is 11.6 Å². The van der Waals surface area contributed by atoms with Gasteiger partial charge in [-0.2, -0.15) is 0 Å². The number of nitrogens with zero attached hydrogens (tertiary/aromatic N) is 3. The number of carbonyl (C=O) groups is 1. The Bertz CT molecular complexity index is 744. The van der Waals surface area contributed by atoms with Crippen LogP contribution in [0.2, 0.25) is 5.02 Å². The van der Waals surface area contributed by atoms with Gasteiger partial charge in [0.15, 0.2) is 5.96 Å². The Morgan fingerprint density at radius 1 is 1.35 bits per heavy atom. The number of aromatic nitrogens is 1. The van der Waals surface area contributed by atoms with Crippen molar-refractivity contribution >= 4 is 40.5 Å². The number of nitrogens with one attached hydrogen (secondary N) is 2. The molecule has 6 nitrogen and oxygen atoms in total. The monoisotopic (exact) mass is 393 g/mol. The molecule has 1 aromatic heterocycles. The van der Waals surface area contributed by atoms with Crippen molar-refractivity contribution in [1.82, 2.24) is 15.2 Å². The van der Waals surface area contributed by atoms with Crippen molar-refractivity contribution < 1.29 is 4.79 Å². The molecule has 0 saturated heterocycles. The Balaban J connectivity index is 1.69. The average molecular weight is 394 g/mol. The lowest BCUT2D eigenvalue weighted by Crippen LogP contribution is -2.39. The van der Waals surface area contributed by atoms with Crippen LogP contribution in [0.25, 0.3) is 0 Å². The second-order valence-corrected chi connectivity index (χ2v) is 7.35. The molecule has 0 unspecified atom stereocenters. The molecule has 0 fully saturated rings. The van der Waals surface area contributed by atoms with Crippen LogP contribution in [-0.4, -0.2) is 42.4 Å². The maximum Gasteiger partial charge on any atom is 0.224 e. The predicted molar refractivity (Wildman–Crippen MR) is 109 cm³/mol. The minimum absolute atomic E-state index is 0.0181. The Kier molecular flexibility index (Phi) is 7.87. The van der Waals surface area contributed by atoms with Gasteiger partial charge in [-0.05, 0) is 37.6 Å². The van der Waals surface area contributed by atoms with Crippen molar-refractivity contribution in [2.75, 3.05) is 26.0 Å². The van der Waals surface area contributed by atoms with E-state index in [0.29, 0.717) is 31.0 Å². The Morgan fingerprint density at radius 2 is 2.08 bits per heavy atom. The highest BCUT2D eigenvalue weighted by atomic mass is 35.5. The topological polar surface area (TPSA) is 69.6 Å². The first-order valence-electron chi connectivity index (χ1n) is 8.36. The van der Waals surface area contributed by atoms with Gasteiger partial charge in [-0.15, -0.1) is 11.3 Å². The summed E-state index contributed by atoms with van der Waals surface area (Å²) < 4.78 is 0. The highest BCUT2D eigenvalue weighted by Crippen LogP contribution is 2.13. The molecule has 0 atom stereocenters. The number of rotatable bonds is 7. The second-order valence-electron chi connectivity index (χ2n) is 5.85. The SMILES string of the molecule is CN=C(NCCCC(=O)Nc1ccc(Cl)cc1)N(C)Cc1csc(C)n1. The van der Waals surface area contributed by atoms with E-state index in [1.807, 2.05) is 18.9 Å². The minimum Gasteiger partial charge on any atom is -0.356 e. The Hall–Kier alpha value is -2.12. The first kappa shape index (κ1) is 20.2. The minimum atomic E-state index is -0.0181. The standard InChI is InChI=1S/C18H24ClN5OS/c1-13-22-16(12-26-13)11-24(3)18(20-2)21-10-4-5-17(25)23-15-8-6-14(19)7-9-15/h6-9,12H,4-5,10-11H2,1-3H3,(H,20,21)(H,23,25). The molecule has 140 valence electrons. The fourth-order valence-corrected chi connectivity index (χ4v) is 3.12. The molecule has 26 heavy (non-hydrogen) atoms. The molecule has 1 aromatic carbocycles. The average Bonchev–Trinajstić information content (AvgIpc) is 3.01. The summed E-state index contributed by atoms with van der Waals surface area (Å²) in [6, 6.07) is 7.08. The van der Waals surface area contributed by atoms with Gasteiger partial charge in [0.05, 0.1) is 17.2 Å². The molecule has 1 amide bonds. The van der Waals surface area contributed by atoms with E-state index in [1.165, 1.54) is 0 Å². The Morgan fingerprint density at radius 3 is 2.69 bits per heavy atom. The largest absolute Gasteiger partial charge is 0.356 e. The molecule has 8 heteroatoms. The number of aryl methyl sites for hydroxylation is 1. The zero-order valence-electron chi connectivity index (χ0n) is 15.3. The number of anilines is 1. The summed E-state index contributed by atoms with van der Waals surface area (Å²) in [5.74, 6) is 0.768. The number of carbonyl (C=O) groups excluding carboxylic acids is 1. The molecular formula is C18H24ClN5OS. The third-order valence-corrected chi connectivity index (χ3v) is 4.71.